The zero-order valence-corrected chi connectivity index (χ0v) is 9.43. The summed E-state index contributed by atoms with van der Waals surface area (Å²) in [5.41, 5.74) is 0. The van der Waals surface area contributed by atoms with Crippen LogP contribution in [0.15, 0.2) is 0 Å². The maximum absolute atomic E-state index is 11.4. The summed E-state index contributed by atoms with van der Waals surface area (Å²) in [6.07, 6.45) is 0.383. The molecule has 1 aliphatic heterocycles. The Balaban J connectivity index is 2.68. The fourth-order valence-corrected chi connectivity index (χ4v) is 2.03. The van der Waals surface area contributed by atoms with Crippen LogP contribution < -0.4 is 10.0 Å². The highest BCUT2D eigenvalue weighted by Gasteiger charge is 2.30. The number of rotatable bonds is 3. The minimum atomic E-state index is -3.47. The van der Waals surface area contributed by atoms with E-state index in [0.29, 0.717) is 0 Å². The van der Waals surface area contributed by atoms with Crippen LogP contribution in [0, 0.1) is 0 Å². The van der Waals surface area contributed by atoms with Crippen molar-refractivity contribution in [1.82, 2.24) is 10.0 Å². The monoisotopic (exact) mass is 234 g/mol. The Morgan fingerprint density at radius 2 is 2.00 bits per heavy atom. The van der Waals surface area contributed by atoms with E-state index in [-0.39, 0.29) is 18.7 Å². The van der Waals surface area contributed by atoms with Crippen molar-refractivity contribution in [2.24, 2.45) is 0 Å². The Hall–Kier alpha value is -0.950. The largest absolute Gasteiger partial charge is 0.295 e. The van der Waals surface area contributed by atoms with E-state index in [1.165, 1.54) is 13.8 Å². The third kappa shape index (κ3) is 3.00. The van der Waals surface area contributed by atoms with Crippen molar-refractivity contribution in [3.8, 4) is 0 Å². The quantitative estimate of drug-likeness (QED) is 0.620. The van der Waals surface area contributed by atoms with Crippen molar-refractivity contribution in [2.45, 2.75) is 38.0 Å². The average Bonchev–Trinajstić information content (AvgIpc) is 2.09. The lowest BCUT2D eigenvalue weighted by Gasteiger charge is -2.22. The van der Waals surface area contributed by atoms with Gasteiger partial charge in [0, 0.05) is 6.42 Å². The van der Waals surface area contributed by atoms with E-state index in [1.54, 1.807) is 0 Å². The van der Waals surface area contributed by atoms with Crippen LogP contribution in [0.5, 0.6) is 0 Å². The minimum Gasteiger partial charge on any atom is -0.295 e. The summed E-state index contributed by atoms with van der Waals surface area (Å²) in [4.78, 5) is 22.1. The van der Waals surface area contributed by atoms with E-state index in [9.17, 15) is 18.0 Å². The molecular weight excluding hydrogens is 220 g/mol. The molecule has 1 saturated heterocycles. The van der Waals surface area contributed by atoms with Crippen molar-refractivity contribution in [1.29, 1.82) is 0 Å². The molecule has 7 heteroatoms. The van der Waals surface area contributed by atoms with E-state index in [2.05, 4.69) is 10.0 Å². The molecule has 1 unspecified atom stereocenters. The van der Waals surface area contributed by atoms with Crippen LogP contribution >= 0.6 is 0 Å². The van der Waals surface area contributed by atoms with Crippen LogP contribution in [0.3, 0.4) is 0 Å². The first-order valence-electron chi connectivity index (χ1n) is 4.68. The van der Waals surface area contributed by atoms with Crippen LogP contribution in [-0.4, -0.2) is 31.5 Å². The van der Waals surface area contributed by atoms with Crippen LogP contribution in [0.25, 0.3) is 0 Å². The molecule has 1 rings (SSSR count). The molecule has 86 valence electrons. The van der Waals surface area contributed by atoms with Crippen LogP contribution in [0.2, 0.25) is 0 Å². The lowest BCUT2D eigenvalue weighted by atomic mass is 10.1. The zero-order chi connectivity index (χ0) is 11.6. The van der Waals surface area contributed by atoms with Crippen molar-refractivity contribution < 1.29 is 18.0 Å². The number of sulfonamides is 1. The number of imide groups is 1. The summed E-state index contributed by atoms with van der Waals surface area (Å²) in [6.45, 7) is 3.04. The molecule has 0 spiro atoms. The van der Waals surface area contributed by atoms with E-state index >= 15 is 0 Å². The Morgan fingerprint density at radius 3 is 2.47 bits per heavy atom. The van der Waals surface area contributed by atoms with Gasteiger partial charge in [-0.1, -0.05) is 0 Å². The average molecular weight is 234 g/mol. The van der Waals surface area contributed by atoms with E-state index < -0.39 is 27.2 Å². The number of hydrogen-bond donors (Lipinski definition) is 2. The Morgan fingerprint density at radius 1 is 1.40 bits per heavy atom. The first-order chi connectivity index (χ1) is 6.83. The third-order valence-corrected chi connectivity index (χ3v) is 4.02. The van der Waals surface area contributed by atoms with Crippen LogP contribution in [0.4, 0.5) is 0 Å². The minimum absolute atomic E-state index is 0.164. The molecule has 0 bridgehead atoms. The maximum atomic E-state index is 11.4. The van der Waals surface area contributed by atoms with Gasteiger partial charge in [0.2, 0.25) is 21.8 Å². The summed E-state index contributed by atoms with van der Waals surface area (Å²) in [5, 5.41) is 1.49. The first-order valence-corrected chi connectivity index (χ1v) is 6.22. The second kappa shape index (κ2) is 4.28. The van der Waals surface area contributed by atoms with Gasteiger partial charge in [-0.2, -0.15) is 0 Å². The zero-order valence-electron chi connectivity index (χ0n) is 8.61. The molecule has 0 radical (unpaired) electrons. The molecule has 0 aromatic rings. The maximum Gasteiger partial charge on any atom is 0.244 e. The highest BCUT2D eigenvalue weighted by Crippen LogP contribution is 2.07. The standard InChI is InChI=1S/C8H14N2O4S/c1-5(2)15(13,14)10-6-3-4-7(11)9-8(6)12/h5-6,10H,3-4H2,1-2H3,(H,9,11,12). The number of carbonyl (C=O) groups is 2. The predicted molar refractivity (Wildman–Crippen MR) is 53.4 cm³/mol. The third-order valence-electron chi connectivity index (χ3n) is 2.17. The number of carbonyl (C=O) groups excluding carboxylic acids is 2. The molecule has 0 aliphatic carbocycles. The van der Waals surface area contributed by atoms with Gasteiger partial charge in [-0.05, 0) is 20.3 Å². The summed E-state index contributed by atoms with van der Waals surface area (Å²) in [7, 11) is -3.47. The van der Waals surface area contributed by atoms with Gasteiger partial charge in [0.15, 0.2) is 0 Å². The molecule has 1 heterocycles. The highest BCUT2D eigenvalue weighted by atomic mass is 32.2. The van der Waals surface area contributed by atoms with Gasteiger partial charge in [-0.15, -0.1) is 0 Å². The van der Waals surface area contributed by atoms with Gasteiger partial charge >= 0.3 is 0 Å². The molecule has 6 nitrogen and oxygen atoms in total. The van der Waals surface area contributed by atoms with Crippen molar-refractivity contribution >= 4 is 21.8 Å². The number of piperidine rings is 1. The molecule has 1 atom stereocenters. The smallest absolute Gasteiger partial charge is 0.244 e. The van der Waals surface area contributed by atoms with E-state index in [4.69, 9.17) is 0 Å². The fraction of sp³-hybridized carbons (Fsp3) is 0.750. The molecule has 1 fully saturated rings. The predicted octanol–water partition coefficient (Wildman–Crippen LogP) is -0.881. The topological polar surface area (TPSA) is 92.3 Å². The molecule has 2 amide bonds. The Labute approximate surface area is 88.5 Å². The summed E-state index contributed by atoms with van der Waals surface area (Å²) < 4.78 is 25.2. The molecule has 15 heavy (non-hydrogen) atoms. The van der Waals surface area contributed by atoms with Gasteiger partial charge in [0.1, 0.15) is 6.04 Å². The van der Waals surface area contributed by atoms with Gasteiger partial charge in [0.05, 0.1) is 5.25 Å². The van der Waals surface area contributed by atoms with Crippen molar-refractivity contribution in [3.63, 3.8) is 0 Å². The summed E-state index contributed by atoms with van der Waals surface area (Å²) >= 11 is 0. The summed E-state index contributed by atoms with van der Waals surface area (Å²) in [5.74, 6) is -0.935. The highest BCUT2D eigenvalue weighted by molar-refractivity contribution is 7.90. The van der Waals surface area contributed by atoms with Crippen LogP contribution in [0.1, 0.15) is 26.7 Å². The van der Waals surface area contributed by atoms with Crippen LogP contribution in [-0.2, 0) is 19.6 Å². The number of amides is 2. The second-order valence-corrected chi connectivity index (χ2v) is 5.98. The van der Waals surface area contributed by atoms with Gasteiger partial charge in [0.25, 0.3) is 0 Å². The SMILES string of the molecule is CC(C)S(=O)(=O)NC1CCC(=O)NC1=O. The molecule has 1 aliphatic rings. The molecular formula is C8H14N2O4S. The molecule has 2 N–H and O–H groups in total. The van der Waals surface area contributed by atoms with Gasteiger partial charge < -0.3 is 0 Å². The molecule has 0 aromatic heterocycles. The second-order valence-electron chi connectivity index (χ2n) is 3.72. The lowest BCUT2D eigenvalue weighted by Crippen LogP contribution is -2.53. The van der Waals surface area contributed by atoms with Gasteiger partial charge in [-0.25, -0.2) is 13.1 Å². The number of nitrogens with one attached hydrogen (secondary N) is 2. The fourth-order valence-electron chi connectivity index (χ4n) is 1.14. The lowest BCUT2D eigenvalue weighted by molar-refractivity contribution is -0.134. The Bertz CT molecular complexity index is 374. The number of hydrogen-bond acceptors (Lipinski definition) is 4. The Kier molecular flexibility index (Phi) is 3.46. The first kappa shape index (κ1) is 12.1. The van der Waals surface area contributed by atoms with Crippen molar-refractivity contribution in [3.05, 3.63) is 0 Å². The normalized spacial score (nSPS) is 23.0. The summed E-state index contributed by atoms with van der Waals surface area (Å²) in [6, 6.07) is -0.824. The van der Waals surface area contributed by atoms with E-state index in [0.717, 1.165) is 0 Å². The molecule has 0 aromatic carbocycles. The molecule has 0 saturated carbocycles. The van der Waals surface area contributed by atoms with Gasteiger partial charge in [-0.3, -0.25) is 14.9 Å². The van der Waals surface area contributed by atoms with E-state index in [1.807, 2.05) is 0 Å². The van der Waals surface area contributed by atoms with Crippen molar-refractivity contribution in [2.75, 3.05) is 0 Å².